The van der Waals surface area contributed by atoms with E-state index < -0.39 is 47.9 Å². The van der Waals surface area contributed by atoms with E-state index in [1.807, 2.05) is 23.9 Å². The van der Waals surface area contributed by atoms with Crippen molar-refractivity contribution in [3.63, 3.8) is 0 Å². The first-order valence-electron chi connectivity index (χ1n) is 24.1. The van der Waals surface area contributed by atoms with Crippen molar-refractivity contribution in [2.24, 2.45) is 13.0 Å². The number of nitrogens with one attached hydrogen (secondary N) is 3. The van der Waals surface area contributed by atoms with Crippen LogP contribution < -0.4 is 25.8 Å². The molecule has 23 heteroatoms. The van der Waals surface area contributed by atoms with Crippen molar-refractivity contribution < 1.29 is 47.0 Å². The fourth-order valence-corrected chi connectivity index (χ4v) is 10.5. The zero-order chi connectivity index (χ0) is 50.7. The molecule has 0 bridgehead atoms. The SMILES string of the molecule is CN(CC1CCC(n2cc(NC(=O)c3cnn4ccc(N5C[C@H](F)C[C@@H](NC(=O)OC(C)(C)C)C5)nc34)c(C(F)F)n2)CC1)C1CCN(c2cccc3c(C4CCC(=O)NC4=O)nn(C)c23)CC1.O=CO. The molecule has 1 unspecified atom stereocenters. The number of imide groups is 1. The topological polar surface area (TPSA) is 226 Å². The molecule has 4 N–H and O–H groups in total. The minimum atomic E-state index is -2.93. The molecule has 4 aromatic heterocycles. The van der Waals surface area contributed by atoms with E-state index in [9.17, 15) is 32.3 Å². The third-order valence-electron chi connectivity index (χ3n) is 13.9. The molecule has 3 saturated heterocycles. The van der Waals surface area contributed by atoms with Gasteiger partial charge in [0.2, 0.25) is 11.8 Å². The van der Waals surface area contributed by atoms with E-state index >= 15 is 0 Å². The van der Waals surface area contributed by atoms with Crippen LogP contribution in [-0.4, -0.2) is 138 Å². The Morgan fingerprint density at radius 1 is 1.03 bits per heavy atom. The Balaban J connectivity index is 0.00000220. The van der Waals surface area contributed by atoms with Gasteiger partial charge in [0.05, 0.1) is 53.3 Å². The van der Waals surface area contributed by atoms with Crippen molar-refractivity contribution in [3.8, 4) is 0 Å². The van der Waals surface area contributed by atoms with Gasteiger partial charge in [0.1, 0.15) is 23.2 Å². The summed E-state index contributed by atoms with van der Waals surface area (Å²) in [5.41, 5.74) is 1.66. The smallest absolute Gasteiger partial charge is 0.407 e. The Labute approximate surface area is 408 Å². The number of hydrogen-bond donors (Lipinski definition) is 4. The van der Waals surface area contributed by atoms with E-state index in [0.29, 0.717) is 36.3 Å². The van der Waals surface area contributed by atoms with Crippen molar-refractivity contribution in [2.45, 2.75) is 121 Å². The number of carbonyl (C=O) groups excluding carboxylic acids is 4. The predicted molar refractivity (Wildman–Crippen MR) is 256 cm³/mol. The third-order valence-corrected chi connectivity index (χ3v) is 13.9. The van der Waals surface area contributed by atoms with Crippen LogP contribution in [0.25, 0.3) is 16.6 Å². The Bertz CT molecular complexity index is 2740. The Kier molecular flexibility index (Phi) is 15.2. The van der Waals surface area contributed by atoms with Gasteiger partial charge in [-0.15, -0.1) is 0 Å². The Morgan fingerprint density at radius 3 is 2.45 bits per heavy atom. The highest BCUT2D eigenvalue weighted by Crippen LogP contribution is 2.38. The maximum Gasteiger partial charge on any atom is 0.407 e. The van der Waals surface area contributed by atoms with E-state index in [4.69, 9.17) is 19.7 Å². The summed E-state index contributed by atoms with van der Waals surface area (Å²) in [5.74, 6) is -0.890. The van der Waals surface area contributed by atoms with Crippen molar-refractivity contribution in [1.82, 2.24) is 49.7 Å². The molecule has 7 heterocycles. The molecule has 382 valence electrons. The van der Waals surface area contributed by atoms with E-state index in [-0.39, 0.29) is 60.7 Å². The van der Waals surface area contributed by atoms with Crippen LogP contribution in [0.5, 0.6) is 0 Å². The quantitative estimate of drug-likeness (QED) is 0.0881. The first-order valence-corrected chi connectivity index (χ1v) is 24.1. The number of anilines is 3. The van der Waals surface area contributed by atoms with Gasteiger partial charge in [-0.3, -0.25) is 33.9 Å². The lowest BCUT2D eigenvalue weighted by Gasteiger charge is -2.40. The number of para-hydroxylation sites is 1. The zero-order valence-electron chi connectivity index (χ0n) is 40.6. The standard InChI is InChI=1S/C47H60F3N13O5.CH2O2/c1-47(2,3)68-46(67)52-29-21-28(48)24-61(25-29)37-17-20-62-43(54-37)34(22-51-62)45(66)53-35-26-63(57-40(35)42(49)50)31-11-9-27(10-12-31)23-58(4)30-15-18-60(19-16-30)36-8-6-7-32-39(56-59(5)41(32)36)33-13-14-38(64)55-44(33)65;2-1-3/h6-8,17,20,22,26-31,33,42H,9-16,18-19,21,23-25H2,1-5H3,(H,52,67)(H,53,66)(H,55,64,65);1H,(H,2,3)/t27?,28-,29-,31?,33?;/m1./s1. The summed E-state index contributed by atoms with van der Waals surface area (Å²) >= 11 is 0. The number of fused-ring (bicyclic) bond motifs is 2. The van der Waals surface area contributed by atoms with Gasteiger partial charge in [0.15, 0.2) is 11.3 Å². The van der Waals surface area contributed by atoms with E-state index in [0.717, 1.165) is 74.7 Å². The summed E-state index contributed by atoms with van der Waals surface area (Å²) in [4.78, 5) is 70.2. The van der Waals surface area contributed by atoms with Crippen LogP contribution in [0, 0.1) is 5.92 Å². The second-order valence-electron chi connectivity index (χ2n) is 20.0. The van der Waals surface area contributed by atoms with Crippen LogP contribution in [0.4, 0.5) is 35.2 Å². The highest BCUT2D eigenvalue weighted by molar-refractivity contribution is 6.08. The van der Waals surface area contributed by atoms with Crippen molar-refractivity contribution in [1.29, 1.82) is 0 Å². The number of piperidine rings is 3. The van der Waals surface area contributed by atoms with Crippen molar-refractivity contribution in [3.05, 3.63) is 59.8 Å². The number of carboxylic acid groups (broad SMARTS) is 1. The van der Waals surface area contributed by atoms with Crippen LogP contribution in [0.1, 0.15) is 119 Å². The number of alkyl halides is 3. The molecule has 1 saturated carbocycles. The van der Waals surface area contributed by atoms with E-state index in [1.54, 1.807) is 42.6 Å². The molecule has 3 aliphatic heterocycles. The van der Waals surface area contributed by atoms with Crippen LogP contribution >= 0.6 is 0 Å². The average Bonchev–Trinajstić information content (AvgIpc) is 4.04. The van der Waals surface area contributed by atoms with E-state index in [1.165, 1.54) is 16.9 Å². The maximum absolute atomic E-state index is 15.0. The summed E-state index contributed by atoms with van der Waals surface area (Å²) in [6.45, 7) is 7.92. The fourth-order valence-electron chi connectivity index (χ4n) is 10.5. The molecule has 20 nitrogen and oxygen atoms in total. The fraction of sp³-hybridized carbons (Fsp3) is 0.562. The Morgan fingerprint density at radius 2 is 1.76 bits per heavy atom. The highest BCUT2D eigenvalue weighted by atomic mass is 19.3. The summed E-state index contributed by atoms with van der Waals surface area (Å²) in [7, 11) is 4.09. The number of halogens is 3. The first-order chi connectivity index (χ1) is 33.9. The van der Waals surface area contributed by atoms with Gasteiger partial charge in [-0.2, -0.15) is 15.3 Å². The average molecular weight is 990 g/mol. The van der Waals surface area contributed by atoms with Crippen molar-refractivity contribution >= 4 is 64.0 Å². The minimum Gasteiger partial charge on any atom is -0.483 e. The lowest BCUT2D eigenvalue weighted by Crippen LogP contribution is -2.52. The van der Waals surface area contributed by atoms with Gasteiger partial charge in [-0.1, -0.05) is 12.1 Å². The van der Waals surface area contributed by atoms with Crippen LogP contribution in [0.3, 0.4) is 0 Å². The Hall–Kier alpha value is -6.78. The monoisotopic (exact) mass is 989 g/mol. The van der Waals surface area contributed by atoms with Crippen LogP contribution in [0.15, 0.2) is 42.9 Å². The van der Waals surface area contributed by atoms with Gasteiger partial charge in [0.25, 0.3) is 18.8 Å². The largest absolute Gasteiger partial charge is 0.483 e. The van der Waals surface area contributed by atoms with Gasteiger partial charge in [-0.05, 0) is 90.8 Å². The van der Waals surface area contributed by atoms with Gasteiger partial charge in [0, 0.05) is 69.9 Å². The number of aromatic nitrogens is 7. The molecule has 71 heavy (non-hydrogen) atoms. The number of rotatable bonds is 11. The number of benzene rings is 1. The number of ether oxygens (including phenoxy) is 1. The molecule has 4 aliphatic rings. The number of hydrogen-bond acceptors (Lipinski definition) is 13. The molecule has 4 amide bonds. The molecular weight excluding hydrogens is 928 g/mol. The number of carbonyl (C=O) groups is 5. The number of nitrogens with zero attached hydrogens (tertiary/aromatic N) is 10. The molecule has 0 radical (unpaired) electrons. The molecule has 4 fully saturated rings. The molecule has 3 atom stereocenters. The molecular formula is C48H62F3N13O7. The van der Waals surface area contributed by atoms with Gasteiger partial charge < -0.3 is 35.2 Å². The van der Waals surface area contributed by atoms with Crippen LogP contribution in [0.2, 0.25) is 0 Å². The summed E-state index contributed by atoms with van der Waals surface area (Å²) in [6.07, 6.45) is 5.69. The molecule has 5 aromatic rings. The molecule has 0 spiro atoms. The lowest BCUT2D eigenvalue weighted by molar-refractivity contribution is -0.134. The zero-order valence-corrected chi connectivity index (χ0v) is 40.6. The van der Waals surface area contributed by atoms with Crippen molar-refractivity contribution in [2.75, 3.05) is 54.9 Å². The minimum absolute atomic E-state index is 0.0194. The second kappa shape index (κ2) is 21.3. The normalized spacial score (nSPS) is 22.4. The molecule has 9 rings (SSSR count). The van der Waals surface area contributed by atoms with Crippen LogP contribution in [-0.2, 0) is 26.2 Å². The van der Waals surface area contributed by atoms with Gasteiger partial charge in [-0.25, -0.2) is 27.5 Å². The molecule has 1 aliphatic carbocycles. The number of aryl methyl sites for hydroxylation is 1. The van der Waals surface area contributed by atoms with E-state index in [2.05, 4.69) is 54.0 Å². The number of alkyl carbamates (subject to hydrolysis) is 1. The summed E-state index contributed by atoms with van der Waals surface area (Å²) in [5, 5.41) is 29.0. The number of amides is 4. The third kappa shape index (κ3) is 11.6. The maximum atomic E-state index is 15.0. The summed E-state index contributed by atoms with van der Waals surface area (Å²) in [6, 6.07) is 7.52. The lowest BCUT2D eigenvalue weighted by atomic mass is 9.85. The predicted octanol–water partition coefficient (Wildman–Crippen LogP) is 6.00. The summed E-state index contributed by atoms with van der Waals surface area (Å²) < 4.78 is 54.0. The molecule has 1 aromatic carbocycles. The van der Waals surface area contributed by atoms with Gasteiger partial charge >= 0.3 is 6.09 Å². The first kappa shape index (κ1) is 50.6. The highest BCUT2D eigenvalue weighted by Gasteiger charge is 2.35. The second-order valence-corrected chi connectivity index (χ2v) is 20.0.